The topological polar surface area (TPSA) is 210 Å². The van der Waals surface area contributed by atoms with Crippen LogP contribution < -0.4 is 4.74 Å². The highest BCUT2D eigenvalue weighted by atomic mass is 17.0. The first-order valence-electron chi connectivity index (χ1n) is 7.44. The summed E-state index contributed by atoms with van der Waals surface area (Å²) in [6, 6.07) is 5.20. The van der Waals surface area contributed by atoms with Crippen LogP contribution in [0.25, 0.3) is 0 Å². The fourth-order valence-corrected chi connectivity index (χ4v) is 1.88. The predicted molar refractivity (Wildman–Crippen MR) is 84.7 cm³/mol. The average molecular weight is 419 g/mol. The van der Waals surface area contributed by atoms with Gasteiger partial charge in [-0.05, 0) is 12.1 Å². The molecular formula is C13H13N3O13. The highest BCUT2D eigenvalue weighted by Crippen LogP contribution is 2.21. The number of nitrogens with zero attached hydrogens (tertiary/aromatic N) is 3. The van der Waals surface area contributed by atoms with Gasteiger partial charge in [-0.25, -0.2) is 4.79 Å². The zero-order chi connectivity index (χ0) is 22.0. The molecule has 0 radical (unpaired) electrons. The number of carbonyl (C=O) groups excluding carboxylic acids is 2. The summed E-state index contributed by atoms with van der Waals surface area (Å²) < 4.78 is 9.73. The van der Waals surface area contributed by atoms with Crippen LogP contribution in [0.15, 0.2) is 24.3 Å². The average Bonchev–Trinajstić information content (AvgIpc) is 2.61. The molecule has 0 heterocycles. The highest BCUT2D eigenvalue weighted by molar-refractivity contribution is 5.93. The van der Waals surface area contributed by atoms with Crippen molar-refractivity contribution in [1.29, 1.82) is 0 Å². The number of hydrogen-bond donors (Lipinski definition) is 0. The molecule has 0 aromatic heterocycles. The molecule has 0 spiro atoms. The van der Waals surface area contributed by atoms with Gasteiger partial charge in [-0.3, -0.25) is 4.79 Å². The minimum absolute atomic E-state index is 0.229. The number of benzene rings is 1. The first-order valence-corrected chi connectivity index (χ1v) is 7.44. The summed E-state index contributed by atoms with van der Waals surface area (Å²) in [5.41, 5.74) is -0.316. The van der Waals surface area contributed by atoms with Crippen molar-refractivity contribution in [3.8, 4) is 5.75 Å². The summed E-state index contributed by atoms with van der Waals surface area (Å²) in [7, 11) is 0. The SMILES string of the molecule is CC(=O)Oc1ccccc1C(=O)OC(CO[N+](=O)[O-])C(CO[N+](=O)[O-])O[N+](=O)[O-]. The van der Waals surface area contributed by atoms with Gasteiger partial charge in [-0.1, -0.05) is 12.1 Å². The molecule has 0 fully saturated rings. The minimum atomic E-state index is -1.96. The van der Waals surface area contributed by atoms with E-state index in [0.29, 0.717) is 0 Å². The molecular weight excluding hydrogens is 406 g/mol. The van der Waals surface area contributed by atoms with E-state index in [1.807, 2.05) is 0 Å². The van der Waals surface area contributed by atoms with E-state index in [1.165, 1.54) is 24.3 Å². The Kier molecular flexibility index (Phi) is 8.49. The molecule has 0 saturated heterocycles. The lowest BCUT2D eigenvalue weighted by molar-refractivity contribution is -0.794. The van der Waals surface area contributed by atoms with E-state index >= 15 is 0 Å². The molecule has 16 nitrogen and oxygen atoms in total. The van der Waals surface area contributed by atoms with Gasteiger partial charge in [0.1, 0.15) is 24.5 Å². The smallest absolute Gasteiger partial charge is 0.342 e. The first kappa shape index (κ1) is 22.8. The van der Waals surface area contributed by atoms with Crippen LogP contribution in [0.4, 0.5) is 0 Å². The number of esters is 2. The summed E-state index contributed by atoms with van der Waals surface area (Å²) in [5.74, 6) is -2.24. The minimum Gasteiger partial charge on any atom is -0.454 e. The standard InChI is InChI=1S/C13H13N3O13/c1-8(17)27-10-5-3-2-4-9(10)13(18)28-11(6-25-14(19)20)12(29-16(23)24)7-26-15(21)22/h2-5,11-12H,6-7H2,1H3. The van der Waals surface area contributed by atoms with E-state index in [0.717, 1.165) is 6.92 Å². The van der Waals surface area contributed by atoms with E-state index in [-0.39, 0.29) is 11.3 Å². The summed E-state index contributed by atoms with van der Waals surface area (Å²) in [4.78, 5) is 67.0. The van der Waals surface area contributed by atoms with Crippen molar-refractivity contribution < 1.29 is 48.8 Å². The molecule has 0 N–H and O–H groups in total. The van der Waals surface area contributed by atoms with Crippen molar-refractivity contribution in [1.82, 2.24) is 0 Å². The lowest BCUT2D eigenvalue weighted by Gasteiger charge is -2.24. The van der Waals surface area contributed by atoms with Crippen molar-refractivity contribution >= 4 is 11.9 Å². The monoisotopic (exact) mass is 419 g/mol. The summed E-state index contributed by atoms with van der Waals surface area (Å²) in [6.07, 6.45) is -3.84. The van der Waals surface area contributed by atoms with Crippen molar-refractivity contribution in [3.63, 3.8) is 0 Å². The molecule has 29 heavy (non-hydrogen) atoms. The second-order valence-corrected chi connectivity index (χ2v) is 4.94. The van der Waals surface area contributed by atoms with Gasteiger partial charge in [0, 0.05) is 6.92 Å². The van der Waals surface area contributed by atoms with E-state index in [4.69, 9.17) is 9.47 Å². The molecule has 1 rings (SSSR count). The first-order chi connectivity index (χ1) is 13.6. The normalized spacial score (nSPS) is 12.0. The van der Waals surface area contributed by atoms with Crippen molar-refractivity contribution in [2.24, 2.45) is 0 Å². The van der Waals surface area contributed by atoms with Gasteiger partial charge in [0.05, 0.1) is 0 Å². The third kappa shape index (κ3) is 8.33. The Hall–Kier alpha value is -4.24. The zero-order valence-corrected chi connectivity index (χ0v) is 14.5. The molecule has 2 unspecified atom stereocenters. The maximum absolute atomic E-state index is 12.4. The van der Waals surface area contributed by atoms with Crippen LogP contribution >= 0.6 is 0 Å². The lowest BCUT2D eigenvalue weighted by Crippen LogP contribution is -2.42. The zero-order valence-electron chi connectivity index (χ0n) is 14.5. The molecule has 1 aromatic carbocycles. The number of ether oxygens (including phenoxy) is 2. The van der Waals surface area contributed by atoms with E-state index in [2.05, 4.69) is 14.5 Å². The van der Waals surface area contributed by atoms with Crippen LogP contribution in [0.2, 0.25) is 0 Å². The highest BCUT2D eigenvalue weighted by Gasteiger charge is 2.32. The van der Waals surface area contributed by atoms with Gasteiger partial charge in [0.25, 0.3) is 15.3 Å². The van der Waals surface area contributed by atoms with Crippen LogP contribution in [-0.2, 0) is 24.0 Å². The molecule has 1 aromatic rings. The number of carbonyl (C=O) groups is 2. The second-order valence-electron chi connectivity index (χ2n) is 4.94. The number of para-hydroxylation sites is 1. The Balaban J connectivity index is 3.10. The largest absolute Gasteiger partial charge is 0.454 e. The number of hydrogen-bond acceptors (Lipinski definition) is 13. The van der Waals surface area contributed by atoms with Gasteiger partial charge >= 0.3 is 11.9 Å². The van der Waals surface area contributed by atoms with Crippen molar-refractivity contribution in [2.45, 2.75) is 19.1 Å². The molecule has 2 atom stereocenters. The molecule has 0 aliphatic rings. The van der Waals surface area contributed by atoms with Crippen LogP contribution in [0, 0.1) is 30.3 Å². The molecule has 158 valence electrons. The molecule has 0 aliphatic heterocycles. The summed E-state index contributed by atoms with van der Waals surface area (Å²) >= 11 is 0. The van der Waals surface area contributed by atoms with E-state index < -0.39 is 52.6 Å². The Morgan fingerprint density at radius 3 is 2.00 bits per heavy atom. The van der Waals surface area contributed by atoms with Crippen molar-refractivity contribution in [2.75, 3.05) is 13.2 Å². The Morgan fingerprint density at radius 2 is 1.48 bits per heavy atom. The van der Waals surface area contributed by atoms with Crippen molar-refractivity contribution in [3.05, 3.63) is 60.2 Å². The van der Waals surface area contributed by atoms with E-state index in [1.54, 1.807) is 0 Å². The predicted octanol–water partition coefficient (Wildman–Crippen LogP) is 0.131. The van der Waals surface area contributed by atoms with Crippen LogP contribution in [0.1, 0.15) is 17.3 Å². The van der Waals surface area contributed by atoms with Gasteiger partial charge in [0.2, 0.25) is 0 Å². The van der Waals surface area contributed by atoms with E-state index in [9.17, 15) is 39.9 Å². The molecule has 0 aliphatic carbocycles. The third-order valence-electron chi connectivity index (χ3n) is 2.94. The molecule has 16 heteroatoms. The second kappa shape index (κ2) is 10.8. The fraction of sp³-hybridized carbons (Fsp3) is 0.385. The van der Waals surface area contributed by atoms with Crippen LogP contribution in [-0.4, -0.2) is 52.6 Å². The van der Waals surface area contributed by atoms with Crippen LogP contribution in [0.3, 0.4) is 0 Å². The van der Waals surface area contributed by atoms with Gasteiger partial charge < -0.3 is 24.0 Å². The summed E-state index contributed by atoms with van der Waals surface area (Å²) in [5, 5.41) is 27.4. The molecule has 0 saturated carbocycles. The quantitative estimate of drug-likeness (QED) is 0.191. The fourth-order valence-electron chi connectivity index (χ4n) is 1.88. The summed E-state index contributed by atoms with van der Waals surface area (Å²) in [6.45, 7) is -1.13. The maximum atomic E-state index is 12.4. The van der Waals surface area contributed by atoms with Crippen LogP contribution in [0.5, 0.6) is 5.75 Å². The third-order valence-corrected chi connectivity index (χ3v) is 2.94. The Labute approximate surface area is 160 Å². The number of rotatable bonds is 12. The molecule has 0 bridgehead atoms. The lowest BCUT2D eigenvalue weighted by atomic mass is 10.2. The Bertz CT molecular complexity index is 783. The van der Waals surface area contributed by atoms with Gasteiger partial charge in [-0.15, -0.1) is 30.3 Å². The molecule has 0 amide bonds. The van der Waals surface area contributed by atoms with Gasteiger partial charge in [0.15, 0.2) is 12.2 Å². The van der Waals surface area contributed by atoms with Gasteiger partial charge in [-0.2, -0.15) is 0 Å². The Morgan fingerprint density at radius 1 is 0.931 bits per heavy atom. The maximum Gasteiger partial charge on any atom is 0.342 e.